The van der Waals surface area contributed by atoms with Crippen LogP contribution < -0.4 is 5.32 Å². The summed E-state index contributed by atoms with van der Waals surface area (Å²) in [6, 6.07) is 24.0. The van der Waals surface area contributed by atoms with Gasteiger partial charge in [0.25, 0.3) is 17.7 Å². The largest absolute Gasteiger partial charge is 0.351 e. The molecule has 30 heavy (non-hydrogen) atoms. The Bertz CT molecular complexity index is 1090. The van der Waals surface area contributed by atoms with Crippen LogP contribution >= 0.6 is 0 Å². The van der Waals surface area contributed by atoms with Gasteiger partial charge in [-0.25, -0.2) is 0 Å². The van der Waals surface area contributed by atoms with E-state index in [1.165, 1.54) is 11.0 Å². The molecular weight excluding hydrogens is 376 g/mol. The van der Waals surface area contributed by atoms with Crippen LogP contribution in [0.5, 0.6) is 0 Å². The van der Waals surface area contributed by atoms with E-state index in [0.29, 0.717) is 17.7 Å². The molecule has 1 aliphatic rings. The monoisotopic (exact) mass is 398 g/mol. The molecule has 1 atom stereocenters. The highest BCUT2D eigenvalue weighted by Crippen LogP contribution is 2.26. The fraction of sp³-hybridized carbons (Fsp3) is 0.160. The molecule has 1 unspecified atom stereocenters. The minimum Gasteiger partial charge on any atom is -0.351 e. The van der Waals surface area contributed by atoms with Crippen molar-refractivity contribution >= 4 is 17.7 Å². The zero-order valence-electron chi connectivity index (χ0n) is 16.7. The summed E-state index contributed by atoms with van der Waals surface area (Å²) in [6.07, 6.45) is 0. The van der Waals surface area contributed by atoms with Crippen molar-refractivity contribution in [3.05, 3.63) is 107 Å². The number of fused-ring (bicyclic) bond motifs is 1. The molecule has 5 heteroatoms. The summed E-state index contributed by atoms with van der Waals surface area (Å²) in [5.41, 5.74) is 3.01. The normalized spacial score (nSPS) is 13.8. The molecular formula is C25H22N2O3. The van der Waals surface area contributed by atoms with Gasteiger partial charge < -0.3 is 5.32 Å². The number of carbonyl (C=O) groups is 3. The lowest BCUT2D eigenvalue weighted by atomic mass is 10.0. The quantitative estimate of drug-likeness (QED) is 0.638. The molecule has 150 valence electrons. The molecule has 1 N–H and O–H groups in total. The van der Waals surface area contributed by atoms with Crippen molar-refractivity contribution in [1.82, 2.24) is 10.2 Å². The van der Waals surface area contributed by atoms with E-state index in [1.54, 1.807) is 12.1 Å². The van der Waals surface area contributed by atoms with Crippen molar-refractivity contribution in [3.63, 3.8) is 0 Å². The minimum absolute atomic E-state index is 0.161. The number of hydrogen-bond acceptors (Lipinski definition) is 3. The van der Waals surface area contributed by atoms with Crippen molar-refractivity contribution < 1.29 is 14.4 Å². The third-order valence-electron chi connectivity index (χ3n) is 5.35. The van der Waals surface area contributed by atoms with Crippen molar-refractivity contribution in [2.24, 2.45) is 0 Å². The molecule has 0 saturated heterocycles. The van der Waals surface area contributed by atoms with Gasteiger partial charge in [-0.3, -0.25) is 19.3 Å². The van der Waals surface area contributed by atoms with E-state index >= 15 is 0 Å². The topological polar surface area (TPSA) is 66.5 Å². The van der Waals surface area contributed by atoms with Gasteiger partial charge >= 0.3 is 0 Å². The summed E-state index contributed by atoms with van der Waals surface area (Å²) in [7, 11) is 0. The maximum atomic E-state index is 12.8. The van der Waals surface area contributed by atoms with Crippen molar-refractivity contribution in [2.75, 3.05) is 6.54 Å². The van der Waals surface area contributed by atoms with E-state index < -0.39 is 0 Å². The summed E-state index contributed by atoms with van der Waals surface area (Å²) < 4.78 is 0. The van der Waals surface area contributed by atoms with E-state index in [1.807, 2.05) is 67.6 Å². The molecule has 1 heterocycles. The zero-order chi connectivity index (χ0) is 21.1. The van der Waals surface area contributed by atoms with Gasteiger partial charge in [0.05, 0.1) is 17.7 Å². The molecule has 0 bridgehead atoms. The second kappa shape index (κ2) is 8.33. The molecule has 4 rings (SSSR count). The Morgan fingerprint density at radius 1 is 0.867 bits per heavy atom. The van der Waals surface area contributed by atoms with E-state index in [0.717, 1.165) is 11.1 Å². The van der Waals surface area contributed by atoms with E-state index in [4.69, 9.17) is 0 Å². The molecule has 0 radical (unpaired) electrons. The average Bonchev–Trinajstić information content (AvgIpc) is 3.03. The highest BCUT2D eigenvalue weighted by molar-refractivity contribution is 6.22. The molecule has 0 fully saturated rings. The first-order valence-electron chi connectivity index (χ1n) is 9.92. The van der Waals surface area contributed by atoms with Crippen LogP contribution in [0.1, 0.15) is 55.0 Å². The second-order valence-corrected chi connectivity index (χ2v) is 7.46. The van der Waals surface area contributed by atoms with Gasteiger partial charge in [-0.2, -0.15) is 0 Å². The van der Waals surface area contributed by atoms with Gasteiger partial charge in [0.15, 0.2) is 0 Å². The Hall–Kier alpha value is -3.73. The Labute approximate surface area is 175 Å². The van der Waals surface area contributed by atoms with Gasteiger partial charge in [0.2, 0.25) is 0 Å². The first-order valence-corrected chi connectivity index (χ1v) is 9.92. The van der Waals surface area contributed by atoms with Crippen LogP contribution in [0.4, 0.5) is 0 Å². The van der Waals surface area contributed by atoms with Crippen LogP contribution in [0.25, 0.3) is 0 Å². The summed E-state index contributed by atoms with van der Waals surface area (Å²) >= 11 is 0. The molecule has 0 saturated carbocycles. The fourth-order valence-corrected chi connectivity index (χ4v) is 3.59. The molecule has 3 amide bonds. The number of rotatable bonds is 6. The number of benzene rings is 3. The lowest BCUT2D eigenvalue weighted by molar-refractivity contribution is 0.0642. The average molecular weight is 398 g/mol. The Kier molecular flexibility index (Phi) is 5.44. The predicted octanol–water partition coefficient (Wildman–Crippen LogP) is 4.02. The highest BCUT2D eigenvalue weighted by Gasteiger charge is 2.36. The molecule has 3 aromatic carbocycles. The smallest absolute Gasteiger partial charge is 0.261 e. The highest BCUT2D eigenvalue weighted by atomic mass is 16.2. The summed E-state index contributed by atoms with van der Waals surface area (Å²) in [6.45, 7) is 2.73. The minimum atomic E-state index is -0.369. The third kappa shape index (κ3) is 3.87. The van der Waals surface area contributed by atoms with E-state index in [2.05, 4.69) is 5.32 Å². The first kappa shape index (κ1) is 19.6. The number of hydrogen-bond donors (Lipinski definition) is 1. The number of nitrogens with one attached hydrogen (secondary N) is 1. The van der Waals surface area contributed by atoms with Crippen molar-refractivity contribution in [2.45, 2.75) is 19.4 Å². The van der Waals surface area contributed by atoms with Gasteiger partial charge in [-0.05, 0) is 35.2 Å². The standard InChI is InChI=1S/C25H22N2O3/c1-17(19-10-6-3-7-11-19)15-26-23(28)20-12-13-21-22(14-20)25(30)27(24(21)29)16-18-8-4-2-5-9-18/h2-14,17H,15-16H2,1H3,(H,26,28). The number of imide groups is 1. The van der Waals surface area contributed by atoms with Gasteiger partial charge in [-0.1, -0.05) is 67.6 Å². The molecule has 0 aliphatic carbocycles. The van der Waals surface area contributed by atoms with E-state index in [9.17, 15) is 14.4 Å². The molecule has 0 aromatic heterocycles. The maximum Gasteiger partial charge on any atom is 0.261 e. The van der Waals surface area contributed by atoms with Gasteiger partial charge in [0.1, 0.15) is 0 Å². The molecule has 1 aliphatic heterocycles. The Morgan fingerprint density at radius 2 is 1.50 bits per heavy atom. The zero-order valence-corrected chi connectivity index (χ0v) is 16.7. The van der Waals surface area contributed by atoms with Crippen LogP contribution in [0.2, 0.25) is 0 Å². The van der Waals surface area contributed by atoms with Crippen LogP contribution in [0, 0.1) is 0 Å². The van der Waals surface area contributed by atoms with Crippen LogP contribution in [-0.4, -0.2) is 29.2 Å². The van der Waals surface area contributed by atoms with Crippen LogP contribution in [0.15, 0.2) is 78.9 Å². The summed E-state index contributed by atoms with van der Waals surface area (Å²) in [4.78, 5) is 39.3. The SMILES string of the molecule is CC(CNC(=O)c1ccc2c(c1)C(=O)N(Cc1ccccc1)C2=O)c1ccccc1. The number of amides is 3. The van der Waals surface area contributed by atoms with Crippen molar-refractivity contribution in [3.8, 4) is 0 Å². The lowest BCUT2D eigenvalue weighted by Gasteiger charge is -2.13. The van der Waals surface area contributed by atoms with Crippen molar-refractivity contribution in [1.29, 1.82) is 0 Å². The lowest BCUT2D eigenvalue weighted by Crippen LogP contribution is -2.29. The van der Waals surface area contributed by atoms with Crippen LogP contribution in [-0.2, 0) is 6.54 Å². The first-order chi connectivity index (χ1) is 14.5. The molecule has 5 nitrogen and oxygen atoms in total. The molecule has 3 aromatic rings. The predicted molar refractivity (Wildman–Crippen MR) is 114 cm³/mol. The number of nitrogens with zero attached hydrogens (tertiary/aromatic N) is 1. The maximum absolute atomic E-state index is 12.8. The summed E-state index contributed by atoms with van der Waals surface area (Å²) in [5, 5.41) is 2.92. The summed E-state index contributed by atoms with van der Waals surface area (Å²) in [5.74, 6) is -0.800. The Morgan fingerprint density at radius 3 is 2.20 bits per heavy atom. The van der Waals surface area contributed by atoms with Gasteiger partial charge in [-0.15, -0.1) is 0 Å². The Balaban J connectivity index is 1.46. The van der Waals surface area contributed by atoms with Gasteiger partial charge in [0, 0.05) is 12.1 Å². The van der Waals surface area contributed by atoms with Crippen LogP contribution in [0.3, 0.4) is 0 Å². The van der Waals surface area contributed by atoms with E-state index in [-0.39, 0.29) is 35.7 Å². The second-order valence-electron chi connectivity index (χ2n) is 7.46. The molecule has 0 spiro atoms. The third-order valence-corrected chi connectivity index (χ3v) is 5.35. The fourth-order valence-electron chi connectivity index (χ4n) is 3.59. The number of carbonyl (C=O) groups excluding carboxylic acids is 3.